The Morgan fingerprint density at radius 2 is 0.923 bits per heavy atom. The molecule has 3 fully saturated rings. The summed E-state index contributed by atoms with van der Waals surface area (Å²) in [4.78, 5) is 0. The fourth-order valence-corrected chi connectivity index (χ4v) is 2.54. The molecule has 4 heteroatoms. The zero-order valence-electron chi connectivity index (χ0n) is 7.92. The van der Waals surface area contributed by atoms with E-state index in [2.05, 4.69) is 0 Å². The molecule has 0 spiro atoms. The van der Waals surface area contributed by atoms with E-state index in [0.29, 0.717) is 0 Å². The topological polar surface area (TPSA) is 52.0 Å². The van der Waals surface area contributed by atoms with Crippen molar-refractivity contribution in [2.45, 2.75) is 56.0 Å². The van der Waals surface area contributed by atoms with Crippen molar-refractivity contribution in [1.29, 1.82) is 0 Å². The number of fused-ring (bicyclic) bond motifs is 4. The highest BCUT2D eigenvalue weighted by atomic mass is 35.5. The predicted octanol–water partition coefficient (Wildman–Crippen LogP) is 1.98. The molecule has 0 amide bonds. The number of halogens is 2. The minimum Gasteiger partial charge on any atom is -0.325 e. The van der Waals surface area contributed by atoms with Gasteiger partial charge in [0.25, 0.3) is 0 Å². The van der Waals surface area contributed by atoms with Crippen LogP contribution in [0.15, 0.2) is 0 Å². The lowest BCUT2D eigenvalue weighted by Crippen LogP contribution is -2.49. The fraction of sp³-hybridized carbons (Fsp3) is 1.00. The average molecular weight is 227 g/mol. The van der Waals surface area contributed by atoms with E-state index in [1.54, 1.807) is 0 Å². The first-order valence-corrected chi connectivity index (χ1v) is 4.70. The van der Waals surface area contributed by atoms with Crippen LogP contribution in [0.5, 0.6) is 0 Å². The van der Waals surface area contributed by atoms with Crippen molar-refractivity contribution in [3.63, 3.8) is 0 Å². The van der Waals surface area contributed by atoms with Gasteiger partial charge in [-0.1, -0.05) is 0 Å². The Balaban J connectivity index is 0.000000720. The third kappa shape index (κ3) is 2.72. The van der Waals surface area contributed by atoms with Gasteiger partial charge in [0, 0.05) is 11.1 Å². The van der Waals surface area contributed by atoms with Gasteiger partial charge in [-0.15, -0.1) is 24.8 Å². The molecule has 0 heterocycles. The Kier molecular flexibility index (Phi) is 4.51. The van der Waals surface area contributed by atoms with Crippen molar-refractivity contribution >= 4 is 24.8 Å². The van der Waals surface area contributed by atoms with Gasteiger partial charge in [-0.05, 0) is 44.9 Å². The Hall–Kier alpha value is 0.500. The number of rotatable bonds is 0. The maximum atomic E-state index is 6.20. The summed E-state index contributed by atoms with van der Waals surface area (Å²) in [5.41, 5.74) is 12.7. The fourth-order valence-electron chi connectivity index (χ4n) is 2.54. The summed E-state index contributed by atoms with van der Waals surface area (Å²) in [5.74, 6) is 0. The lowest BCUT2D eigenvalue weighted by Gasteiger charge is -2.38. The molecule has 13 heavy (non-hydrogen) atoms. The van der Waals surface area contributed by atoms with E-state index in [-0.39, 0.29) is 35.9 Å². The molecule has 3 saturated carbocycles. The summed E-state index contributed by atoms with van der Waals surface area (Å²) in [6, 6.07) is 0. The zero-order valence-corrected chi connectivity index (χ0v) is 9.55. The number of nitrogens with two attached hydrogens (primary N) is 2. The SMILES string of the molecule is Cl.Cl.NC12CCCC(N)(CC1)CC2. The minimum atomic E-state index is 0. The quantitative estimate of drug-likeness (QED) is 0.664. The van der Waals surface area contributed by atoms with Crippen molar-refractivity contribution in [2.24, 2.45) is 11.5 Å². The normalized spacial score (nSPS) is 42.9. The van der Waals surface area contributed by atoms with E-state index in [0.717, 1.165) is 25.7 Å². The van der Waals surface area contributed by atoms with E-state index >= 15 is 0 Å². The molecule has 0 saturated heterocycles. The molecule has 0 unspecified atom stereocenters. The van der Waals surface area contributed by atoms with Gasteiger partial charge in [0.1, 0.15) is 0 Å². The Morgan fingerprint density at radius 1 is 0.615 bits per heavy atom. The highest BCUT2D eigenvalue weighted by Gasteiger charge is 2.41. The van der Waals surface area contributed by atoms with Crippen molar-refractivity contribution < 1.29 is 0 Å². The number of hydrogen-bond acceptors (Lipinski definition) is 2. The second-order valence-corrected chi connectivity index (χ2v) is 4.58. The summed E-state index contributed by atoms with van der Waals surface area (Å²) in [5, 5.41) is 0. The third-order valence-corrected chi connectivity index (χ3v) is 3.59. The molecule has 0 aromatic heterocycles. The van der Waals surface area contributed by atoms with E-state index in [9.17, 15) is 0 Å². The Bertz CT molecular complexity index is 147. The van der Waals surface area contributed by atoms with Crippen LogP contribution in [0.3, 0.4) is 0 Å². The van der Waals surface area contributed by atoms with Crippen molar-refractivity contribution in [3.05, 3.63) is 0 Å². The van der Waals surface area contributed by atoms with E-state index in [4.69, 9.17) is 11.5 Å². The summed E-state index contributed by atoms with van der Waals surface area (Å²) < 4.78 is 0. The summed E-state index contributed by atoms with van der Waals surface area (Å²) in [6.07, 6.45) is 8.27. The molecule has 3 rings (SSSR count). The summed E-state index contributed by atoms with van der Waals surface area (Å²) in [7, 11) is 0. The third-order valence-electron chi connectivity index (χ3n) is 3.59. The molecule has 0 radical (unpaired) electrons. The summed E-state index contributed by atoms with van der Waals surface area (Å²) in [6.45, 7) is 0. The monoisotopic (exact) mass is 226 g/mol. The average Bonchev–Trinajstić information content (AvgIpc) is 2.18. The zero-order chi connectivity index (χ0) is 7.95. The van der Waals surface area contributed by atoms with Crippen molar-refractivity contribution in [3.8, 4) is 0 Å². The smallest absolute Gasteiger partial charge is 0.0155 e. The van der Waals surface area contributed by atoms with Gasteiger partial charge in [0.2, 0.25) is 0 Å². The maximum absolute atomic E-state index is 6.20. The molecule has 4 N–H and O–H groups in total. The minimum absolute atomic E-state index is 0. The van der Waals surface area contributed by atoms with E-state index in [1.807, 2.05) is 0 Å². The summed E-state index contributed by atoms with van der Waals surface area (Å²) >= 11 is 0. The molecule has 80 valence electrons. The first-order chi connectivity index (χ1) is 5.12. The van der Waals surface area contributed by atoms with Gasteiger partial charge in [-0.2, -0.15) is 0 Å². The predicted molar refractivity (Wildman–Crippen MR) is 60.7 cm³/mol. The van der Waals surface area contributed by atoms with Crippen LogP contribution in [-0.4, -0.2) is 11.1 Å². The van der Waals surface area contributed by atoms with E-state index in [1.165, 1.54) is 19.3 Å². The van der Waals surface area contributed by atoms with E-state index < -0.39 is 0 Å². The first kappa shape index (κ1) is 13.5. The second kappa shape index (κ2) is 4.35. The molecule has 0 aliphatic heterocycles. The lowest BCUT2D eigenvalue weighted by atomic mass is 9.75. The Labute approximate surface area is 92.6 Å². The van der Waals surface area contributed by atoms with Gasteiger partial charge < -0.3 is 11.5 Å². The van der Waals surface area contributed by atoms with Crippen LogP contribution < -0.4 is 11.5 Å². The molecular formula is C9H20Cl2N2. The standard InChI is InChI=1S/C9H18N2.2ClH/c10-8-2-1-3-9(11,6-4-8)7-5-8;;/h1-7,10-11H2;2*1H. The van der Waals surface area contributed by atoms with Crippen LogP contribution in [0, 0.1) is 0 Å². The molecular weight excluding hydrogens is 207 g/mol. The molecule has 3 aliphatic carbocycles. The van der Waals surface area contributed by atoms with Crippen LogP contribution in [0.4, 0.5) is 0 Å². The second-order valence-electron chi connectivity index (χ2n) is 4.58. The van der Waals surface area contributed by atoms with Gasteiger partial charge in [0.15, 0.2) is 0 Å². The molecule has 0 aromatic rings. The van der Waals surface area contributed by atoms with Gasteiger partial charge >= 0.3 is 0 Å². The molecule has 2 bridgehead atoms. The Morgan fingerprint density at radius 3 is 1.23 bits per heavy atom. The maximum Gasteiger partial charge on any atom is 0.0155 e. The van der Waals surface area contributed by atoms with Crippen LogP contribution >= 0.6 is 24.8 Å². The molecule has 0 aromatic carbocycles. The van der Waals surface area contributed by atoms with Crippen LogP contribution in [0.2, 0.25) is 0 Å². The van der Waals surface area contributed by atoms with Crippen molar-refractivity contribution in [2.75, 3.05) is 0 Å². The largest absolute Gasteiger partial charge is 0.325 e. The van der Waals surface area contributed by atoms with Crippen LogP contribution in [0.25, 0.3) is 0 Å². The van der Waals surface area contributed by atoms with Crippen molar-refractivity contribution in [1.82, 2.24) is 0 Å². The number of hydrogen-bond donors (Lipinski definition) is 2. The van der Waals surface area contributed by atoms with Crippen LogP contribution in [0.1, 0.15) is 44.9 Å². The van der Waals surface area contributed by atoms with Crippen LogP contribution in [-0.2, 0) is 0 Å². The molecule has 2 nitrogen and oxygen atoms in total. The first-order valence-electron chi connectivity index (χ1n) is 4.70. The molecule has 3 aliphatic rings. The van der Waals surface area contributed by atoms with Gasteiger partial charge in [-0.3, -0.25) is 0 Å². The highest BCUT2D eigenvalue weighted by molar-refractivity contribution is 5.85. The highest BCUT2D eigenvalue weighted by Crippen LogP contribution is 2.41. The van der Waals surface area contributed by atoms with Gasteiger partial charge in [0.05, 0.1) is 0 Å². The molecule has 0 atom stereocenters. The lowest BCUT2D eigenvalue weighted by molar-refractivity contribution is 0.231. The van der Waals surface area contributed by atoms with Gasteiger partial charge in [-0.25, -0.2) is 0 Å².